The monoisotopic (exact) mass is 899 g/mol. The van der Waals surface area contributed by atoms with E-state index in [2.05, 4.69) is 33.8 Å². The van der Waals surface area contributed by atoms with E-state index in [-0.39, 0.29) is 54.3 Å². The van der Waals surface area contributed by atoms with Crippen LogP contribution >= 0.6 is 0 Å². The van der Waals surface area contributed by atoms with E-state index in [0.29, 0.717) is 49.7 Å². The number of ether oxygens (including phenoxy) is 7. The van der Waals surface area contributed by atoms with Gasteiger partial charge in [-0.2, -0.15) is 0 Å². The van der Waals surface area contributed by atoms with Gasteiger partial charge < -0.3 is 53.6 Å². The maximum Gasteiger partial charge on any atom is 0.338 e. The second-order valence-electron chi connectivity index (χ2n) is 20.7. The lowest BCUT2D eigenvalue weighted by molar-refractivity contribution is -0.333. The summed E-state index contributed by atoms with van der Waals surface area (Å²) in [4.78, 5) is 40.6. The normalized spacial score (nSPS) is 41.2. The molecule has 5 fully saturated rings. The molecule has 2 saturated heterocycles. The maximum atomic E-state index is 14.2. The van der Waals surface area contributed by atoms with Crippen molar-refractivity contribution in [1.82, 2.24) is 0 Å². The first-order chi connectivity index (χ1) is 30.4. The predicted molar refractivity (Wildman–Crippen MR) is 234 cm³/mol. The summed E-state index contributed by atoms with van der Waals surface area (Å²) >= 11 is 0. The largest absolute Gasteiger partial charge is 0.497 e. The number of benzene rings is 1. The molecular formula is C50H74O14. The molecule has 4 N–H and O–H groups in total. The number of hydrogen-bond acceptors (Lipinski definition) is 14. The van der Waals surface area contributed by atoms with Crippen molar-refractivity contribution in [2.45, 2.75) is 180 Å². The summed E-state index contributed by atoms with van der Waals surface area (Å²) < 4.78 is 42.6. The summed E-state index contributed by atoms with van der Waals surface area (Å²) in [6, 6.07) is 6.24. The van der Waals surface area contributed by atoms with Gasteiger partial charge in [0.25, 0.3) is 0 Å². The minimum absolute atomic E-state index is 0.00292. The lowest BCUT2D eigenvalue weighted by atomic mass is 9.46. The number of esters is 2. The second kappa shape index (κ2) is 19.7. The van der Waals surface area contributed by atoms with E-state index in [1.165, 1.54) is 24.8 Å². The van der Waals surface area contributed by atoms with E-state index in [4.69, 9.17) is 33.2 Å². The number of rotatable bonds is 15. The van der Waals surface area contributed by atoms with Crippen molar-refractivity contribution < 1.29 is 68.0 Å². The third kappa shape index (κ3) is 9.20. The molecule has 0 radical (unpaired) electrons. The Balaban J connectivity index is 1.15. The fourth-order valence-corrected chi connectivity index (χ4v) is 12.6. The second-order valence-corrected chi connectivity index (χ2v) is 20.7. The van der Waals surface area contributed by atoms with Crippen molar-refractivity contribution in [1.29, 1.82) is 0 Å². The number of aliphatic hydroxyl groups is 4. The van der Waals surface area contributed by atoms with Gasteiger partial charge in [0.15, 0.2) is 24.8 Å². The van der Waals surface area contributed by atoms with Crippen molar-refractivity contribution in [2.24, 2.45) is 46.3 Å². The molecule has 17 atom stereocenters. The van der Waals surface area contributed by atoms with Gasteiger partial charge in [0, 0.05) is 30.1 Å². The first-order valence-corrected chi connectivity index (χ1v) is 23.9. The highest BCUT2D eigenvalue weighted by molar-refractivity contribution is 5.89. The van der Waals surface area contributed by atoms with Gasteiger partial charge in [-0.3, -0.25) is 9.59 Å². The molecule has 0 bridgehead atoms. The number of carbonyl (C=O) groups is 3. The van der Waals surface area contributed by atoms with Gasteiger partial charge in [-0.15, -0.1) is 0 Å². The minimum atomic E-state index is -1.54. The van der Waals surface area contributed by atoms with E-state index < -0.39 is 84.0 Å². The van der Waals surface area contributed by atoms with Crippen molar-refractivity contribution in [3.8, 4) is 5.75 Å². The summed E-state index contributed by atoms with van der Waals surface area (Å²) in [5.74, 6) is -1.29. The van der Waals surface area contributed by atoms with Gasteiger partial charge in [-0.25, -0.2) is 4.79 Å². The first-order valence-electron chi connectivity index (χ1n) is 23.9. The Morgan fingerprint density at radius 3 is 2.22 bits per heavy atom. The molecule has 0 spiro atoms. The molecular weight excluding hydrogens is 825 g/mol. The summed E-state index contributed by atoms with van der Waals surface area (Å²) in [5.41, 5.74) is -0.714. The smallest absolute Gasteiger partial charge is 0.338 e. The number of fused-ring (bicyclic) bond motifs is 5. The van der Waals surface area contributed by atoms with Crippen LogP contribution in [-0.2, 0) is 38.0 Å². The summed E-state index contributed by atoms with van der Waals surface area (Å²) in [5, 5.41) is 46.6. The van der Waals surface area contributed by atoms with Gasteiger partial charge in [-0.05, 0) is 111 Å². The van der Waals surface area contributed by atoms with Gasteiger partial charge in [0.05, 0.1) is 44.2 Å². The zero-order valence-electron chi connectivity index (χ0n) is 39.1. The topological polar surface area (TPSA) is 197 Å². The Morgan fingerprint density at radius 2 is 1.55 bits per heavy atom. The average molecular weight is 899 g/mol. The molecule has 9 unspecified atom stereocenters. The van der Waals surface area contributed by atoms with Crippen LogP contribution in [0.15, 0.2) is 35.9 Å². The molecule has 7 rings (SSSR count). The number of aliphatic hydroxyl groups excluding tert-OH is 3. The minimum Gasteiger partial charge on any atom is -0.497 e. The van der Waals surface area contributed by atoms with Crippen LogP contribution < -0.4 is 4.74 Å². The van der Waals surface area contributed by atoms with Crippen LogP contribution in [0.2, 0.25) is 0 Å². The van der Waals surface area contributed by atoms with Crippen LogP contribution in [-0.4, -0.2) is 119 Å². The average Bonchev–Trinajstić information content (AvgIpc) is 3.50. The van der Waals surface area contributed by atoms with E-state index in [9.17, 15) is 34.8 Å². The fourth-order valence-electron chi connectivity index (χ4n) is 12.6. The summed E-state index contributed by atoms with van der Waals surface area (Å²) in [6.07, 6.45) is -0.522. The van der Waals surface area contributed by atoms with Crippen molar-refractivity contribution in [3.63, 3.8) is 0 Å². The molecule has 14 nitrogen and oxygen atoms in total. The third-order valence-corrected chi connectivity index (χ3v) is 16.5. The van der Waals surface area contributed by atoms with Gasteiger partial charge in [0.1, 0.15) is 29.3 Å². The molecule has 1 aromatic carbocycles. The Hall–Kier alpha value is -2.95. The Labute approximate surface area is 378 Å². The van der Waals surface area contributed by atoms with Gasteiger partial charge >= 0.3 is 11.9 Å². The molecule has 2 heterocycles. The number of Topliss-reactive ketones (excluding diaryl/α,β-unsaturated/α-hetero) is 1. The standard InChI is InChI=1S/C50H74O14/c1-9-10-41(55)62-43-39(54)26-60-47(44(43)63-45(56)30-12-15-33(58-8)16-13-30)64-42-28(4)46(59-25-38(42)53)61-40-24-36-34-17-14-31-23-32(51)19-21-48(31,6)35(34)20-22-49(36,7)50(40,57)29(5)37(52)18-11-27(2)3/h12-16,27-29,32,34-36,38-40,42-44,46-47,51,53-54,57H,9-11,17-26H2,1-8H3/t28?,29-,32+,34-,35?,36+,38?,39?,40+,42?,43?,44?,46?,47?,48+,49+,50-/m1/s1. The molecule has 6 aliphatic rings. The Kier molecular flexibility index (Phi) is 15.1. The van der Waals surface area contributed by atoms with Crippen molar-refractivity contribution in [3.05, 3.63) is 41.5 Å². The molecule has 0 aromatic heterocycles. The third-order valence-electron chi connectivity index (χ3n) is 16.5. The Bertz CT molecular complexity index is 1830. The molecule has 358 valence electrons. The quantitative estimate of drug-likeness (QED) is 0.117. The highest BCUT2D eigenvalue weighted by Gasteiger charge is 2.70. The van der Waals surface area contributed by atoms with Crippen molar-refractivity contribution >= 4 is 17.7 Å². The lowest BCUT2D eigenvalue weighted by Crippen LogP contribution is -2.62. The lowest BCUT2D eigenvalue weighted by Gasteiger charge is -2.59. The van der Waals surface area contributed by atoms with Crippen LogP contribution in [0.1, 0.15) is 129 Å². The van der Waals surface area contributed by atoms with Crippen LogP contribution in [0.5, 0.6) is 5.75 Å². The van der Waals surface area contributed by atoms with E-state index in [1.54, 1.807) is 19.1 Å². The van der Waals surface area contributed by atoms with Crippen LogP contribution in [0.3, 0.4) is 0 Å². The Morgan fingerprint density at radius 1 is 0.859 bits per heavy atom. The zero-order valence-corrected chi connectivity index (χ0v) is 39.1. The van der Waals surface area contributed by atoms with Crippen LogP contribution in [0.25, 0.3) is 0 Å². The van der Waals surface area contributed by atoms with E-state index in [1.807, 2.05) is 13.8 Å². The zero-order chi connectivity index (χ0) is 46.3. The number of methoxy groups -OCH3 is 1. The molecule has 64 heavy (non-hydrogen) atoms. The number of allylic oxidation sites excluding steroid dienone is 1. The SMILES string of the molecule is CCCC(=O)OC1C(O)COC(OC2C(O)COC(O[C@H]3C[C@H]4[C@@H]5CC=C6C[C@@H](O)CC[C@]6(C)C5CC[C@]4(C)[C@@]3(O)[C@H](C)C(=O)CCC(C)C)C2C)C1OC(=O)c1ccc(OC)cc1. The molecule has 14 heteroatoms. The number of hydrogen-bond donors (Lipinski definition) is 4. The van der Waals surface area contributed by atoms with Crippen LogP contribution in [0, 0.1) is 46.3 Å². The molecule has 0 amide bonds. The number of carbonyl (C=O) groups excluding carboxylic acids is 3. The first kappa shape index (κ1) is 49.0. The number of ketones is 1. The fraction of sp³-hybridized carbons (Fsp3) is 0.780. The highest BCUT2D eigenvalue weighted by Crippen LogP contribution is 2.69. The molecule has 1 aromatic rings. The van der Waals surface area contributed by atoms with E-state index >= 15 is 0 Å². The maximum absolute atomic E-state index is 14.2. The highest BCUT2D eigenvalue weighted by atomic mass is 16.7. The molecule has 2 aliphatic heterocycles. The molecule has 3 saturated carbocycles. The van der Waals surface area contributed by atoms with Crippen molar-refractivity contribution in [2.75, 3.05) is 20.3 Å². The summed E-state index contributed by atoms with van der Waals surface area (Å²) in [6.45, 7) is 13.7. The van der Waals surface area contributed by atoms with Gasteiger partial charge in [0.2, 0.25) is 0 Å². The summed E-state index contributed by atoms with van der Waals surface area (Å²) in [7, 11) is 1.51. The van der Waals surface area contributed by atoms with Crippen LogP contribution in [0.4, 0.5) is 0 Å². The van der Waals surface area contributed by atoms with E-state index in [0.717, 1.165) is 32.1 Å². The van der Waals surface area contributed by atoms with Gasteiger partial charge in [-0.1, -0.05) is 60.1 Å². The molecule has 4 aliphatic carbocycles. The predicted octanol–water partition coefficient (Wildman–Crippen LogP) is 6.08.